The molecule has 1 aliphatic rings. The lowest BCUT2D eigenvalue weighted by Gasteiger charge is -2.50. The van der Waals surface area contributed by atoms with Crippen LogP contribution in [0.4, 0.5) is 0 Å². The van der Waals surface area contributed by atoms with Crippen LogP contribution in [0.3, 0.4) is 0 Å². The highest BCUT2D eigenvalue weighted by atomic mass is 28.4. The Kier molecular flexibility index (Phi) is 4.13. The van der Waals surface area contributed by atoms with E-state index in [0.717, 1.165) is 0 Å². The van der Waals surface area contributed by atoms with Gasteiger partial charge in [0, 0.05) is 49.3 Å². The predicted molar refractivity (Wildman–Crippen MR) is 86.9 cm³/mol. The highest BCUT2D eigenvalue weighted by Crippen LogP contribution is 2.15. The molecule has 0 aromatic heterocycles. The third-order valence-corrected chi connectivity index (χ3v) is 14.6. The second-order valence-corrected chi connectivity index (χ2v) is 25.9. The van der Waals surface area contributed by atoms with Crippen LogP contribution >= 0.6 is 0 Å². The first-order chi connectivity index (χ1) is 7.39. The van der Waals surface area contributed by atoms with Gasteiger partial charge >= 0.3 is 39.4 Å². The average Bonchev–Trinajstić information content (AvgIpc) is 1.93. The summed E-state index contributed by atoms with van der Waals surface area (Å²) in [5.74, 6) is 0. The standard InChI is InChI=1S/C9H32N4Si4/c1-9-13(8)16-11(4,5)14-10(2,3)15-12(6,7)17-13/h9H,1,14-17H2,2-8H3/q+4. The molecular formula is C9H32N4Si4+4. The molecule has 0 bridgehead atoms. The van der Waals surface area contributed by atoms with Crippen LogP contribution in [0.25, 0.3) is 0 Å². The Hall–Kier alpha value is 0.448. The molecule has 4 nitrogen and oxygen atoms in total. The first kappa shape index (κ1) is 15.5. The van der Waals surface area contributed by atoms with E-state index in [1.165, 1.54) is 15.3 Å². The minimum atomic E-state index is -0.169. The number of hydrogen-bond acceptors (Lipinski definition) is 0. The Balaban J connectivity index is 3.06. The fourth-order valence-electron chi connectivity index (χ4n) is 4.12. The third-order valence-electron chi connectivity index (χ3n) is 3.38. The first-order valence-electron chi connectivity index (χ1n) is 6.33. The quantitative estimate of drug-likeness (QED) is 0.448. The maximum atomic E-state index is 4.14. The van der Waals surface area contributed by atoms with Gasteiger partial charge in [-0.15, -0.1) is 0 Å². The Morgan fingerprint density at radius 1 is 0.647 bits per heavy atom. The van der Waals surface area contributed by atoms with Gasteiger partial charge in [0.2, 0.25) is 0 Å². The molecule has 1 rings (SSSR count). The van der Waals surface area contributed by atoms with Gasteiger partial charge in [0.1, 0.15) is 0 Å². The smallest absolute Gasteiger partial charge is 0.365 e. The Labute approximate surface area is 117 Å². The lowest BCUT2D eigenvalue weighted by Crippen LogP contribution is -2.78. The van der Waals surface area contributed by atoms with Crippen LogP contribution in [-0.4, -0.2) is 104 Å². The number of quaternary nitrogens is 4. The van der Waals surface area contributed by atoms with Crippen molar-refractivity contribution in [1.82, 2.24) is 0 Å². The molecule has 0 N–H and O–H groups in total. The van der Waals surface area contributed by atoms with Crippen LogP contribution in [0, 0.1) is 0 Å². The minimum absolute atomic E-state index is 0.0979. The maximum absolute atomic E-state index is 4.14. The van der Waals surface area contributed by atoms with E-state index in [-0.39, 0.29) is 39.4 Å². The van der Waals surface area contributed by atoms with E-state index in [0.29, 0.717) is 0 Å². The molecule has 17 heavy (non-hydrogen) atoms. The number of nitrogens with zero attached hydrogens (tertiary/aromatic N) is 4. The zero-order valence-electron chi connectivity index (χ0n) is 12.9. The van der Waals surface area contributed by atoms with Gasteiger partial charge in [-0.05, 0) is 6.58 Å². The highest BCUT2D eigenvalue weighted by molar-refractivity contribution is 6.47. The van der Waals surface area contributed by atoms with E-state index in [1.54, 1.807) is 0 Å². The fourth-order valence-corrected chi connectivity index (χ4v) is 29.3. The molecule has 0 atom stereocenters. The molecule has 8 heteroatoms. The zero-order valence-corrected chi connectivity index (χ0v) is 18.6. The molecule has 0 saturated carbocycles. The second-order valence-electron chi connectivity index (χ2n) is 8.03. The van der Waals surface area contributed by atoms with Gasteiger partial charge in [-0.2, -0.15) is 0 Å². The monoisotopic (exact) mass is 308 g/mol. The molecule has 1 saturated heterocycles. The van der Waals surface area contributed by atoms with Gasteiger partial charge in [0.15, 0.2) is 0 Å². The average molecular weight is 309 g/mol. The summed E-state index contributed by atoms with van der Waals surface area (Å²) in [7, 11) is 16.9. The van der Waals surface area contributed by atoms with Crippen LogP contribution in [0.5, 0.6) is 0 Å². The topological polar surface area (TPSA) is 0 Å². The van der Waals surface area contributed by atoms with Gasteiger partial charge in [-0.3, -0.25) is 0 Å². The van der Waals surface area contributed by atoms with Gasteiger partial charge in [-0.25, -0.2) is 0 Å². The van der Waals surface area contributed by atoms with Crippen molar-refractivity contribution in [2.75, 3.05) is 49.3 Å². The number of hydrogen-bond donors (Lipinski definition) is 0. The van der Waals surface area contributed by atoms with Crippen molar-refractivity contribution in [2.45, 2.75) is 0 Å². The molecule has 0 aromatic carbocycles. The summed E-state index contributed by atoms with van der Waals surface area (Å²) >= 11 is 0. The number of rotatable bonds is 1. The summed E-state index contributed by atoms with van der Waals surface area (Å²) in [5.41, 5.74) is 0. The summed E-state index contributed by atoms with van der Waals surface area (Å²) in [6, 6.07) is 0. The van der Waals surface area contributed by atoms with Gasteiger partial charge < -0.3 is 15.3 Å². The van der Waals surface area contributed by atoms with Crippen LogP contribution in [0.15, 0.2) is 12.8 Å². The summed E-state index contributed by atoms with van der Waals surface area (Å²) in [6.45, 7) is 4.14. The van der Waals surface area contributed by atoms with E-state index in [1.807, 2.05) is 0 Å². The van der Waals surface area contributed by atoms with Crippen LogP contribution in [-0.2, 0) is 0 Å². The van der Waals surface area contributed by atoms with Crippen LogP contribution in [0.2, 0.25) is 0 Å². The van der Waals surface area contributed by atoms with Gasteiger partial charge in [-0.1, -0.05) is 0 Å². The molecule has 0 aliphatic carbocycles. The molecule has 0 radical (unpaired) electrons. The lowest BCUT2D eigenvalue weighted by molar-refractivity contribution is -0.882. The molecule has 100 valence electrons. The van der Waals surface area contributed by atoms with E-state index in [4.69, 9.17) is 0 Å². The lowest BCUT2D eigenvalue weighted by atomic mass is 11.0. The van der Waals surface area contributed by atoms with Crippen molar-refractivity contribution in [3.8, 4) is 0 Å². The summed E-state index contributed by atoms with van der Waals surface area (Å²) < 4.78 is 5.46. The first-order valence-corrected chi connectivity index (χ1v) is 11.4. The normalized spacial score (nSPS) is 41.4. The van der Waals surface area contributed by atoms with Crippen molar-refractivity contribution < 1.29 is 15.3 Å². The van der Waals surface area contributed by atoms with Gasteiger partial charge in [0.25, 0.3) is 0 Å². The maximum Gasteiger partial charge on any atom is 0.471 e. The van der Waals surface area contributed by atoms with E-state index in [9.17, 15) is 0 Å². The van der Waals surface area contributed by atoms with Crippen molar-refractivity contribution in [3.05, 3.63) is 12.8 Å². The predicted octanol–water partition coefficient (Wildman–Crippen LogP) is -3.19. The summed E-state index contributed by atoms with van der Waals surface area (Å²) in [4.78, 5) is 0. The van der Waals surface area contributed by atoms with Crippen molar-refractivity contribution >= 4 is 39.4 Å². The molecule has 0 aromatic rings. The molecule has 1 fully saturated rings. The Morgan fingerprint density at radius 2 is 0.941 bits per heavy atom. The van der Waals surface area contributed by atoms with Crippen LogP contribution < -0.4 is 0 Å². The molecule has 1 heterocycles. The van der Waals surface area contributed by atoms with Crippen molar-refractivity contribution in [2.24, 2.45) is 0 Å². The minimum Gasteiger partial charge on any atom is -0.365 e. The molecule has 1 aliphatic heterocycles. The summed E-state index contributed by atoms with van der Waals surface area (Å²) in [5, 5.41) is 0. The fraction of sp³-hybridized carbons (Fsp3) is 0.778. The van der Waals surface area contributed by atoms with E-state index in [2.05, 4.69) is 62.1 Å². The zero-order chi connectivity index (χ0) is 13.5. The second kappa shape index (κ2) is 4.53. The largest absolute Gasteiger partial charge is 0.471 e. The molecule has 0 amide bonds. The van der Waals surface area contributed by atoms with E-state index >= 15 is 0 Å². The molecular weight excluding hydrogens is 276 g/mol. The van der Waals surface area contributed by atoms with Crippen molar-refractivity contribution in [1.29, 1.82) is 0 Å². The van der Waals surface area contributed by atoms with Crippen molar-refractivity contribution in [3.63, 3.8) is 0 Å². The third kappa shape index (κ3) is 4.56. The molecule has 0 unspecified atom stereocenters. The van der Waals surface area contributed by atoms with Crippen LogP contribution in [0.1, 0.15) is 0 Å². The molecule has 0 spiro atoms. The Morgan fingerprint density at radius 3 is 1.24 bits per heavy atom. The van der Waals surface area contributed by atoms with Gasteiger partial charge in [0.05, 0.1) is 6.20 Å². The van der Waals surface area contributed by atoms with E-state index < -0.39 is 0 Å². The SMILES string of the molecule is C=C[N+]1(C)[SiH2][N+](C)(C)[SiH2][N+](C)(C)[SiH2][N+](C)(C)[SiH2]1. The Bertz CT molecular complexity index is 294. The highest BCUT2D eigenvalue weighted by Gasteiger charge is 2.48. The summed E-state index contributed by atoms with van der Waals surface area (Å²) in [6.07, 6.45) is 2.27.